The van der Waals surface area contributed by atoms with Gasteiger partial charge in [-0.15, -0.1) is 0 Å². The molecule has 0 radical (unpaired) electrons. The first-order valence-electron chi connectivity index (χ1n) is 12.8. The first-order valence-corrected chi connectivity index (χ1v) is 12.8. The first kappa shape index (κ1) is 28.5. The van der Waals surface area contributed by atoms with Gasteiger partial charge in [-0.2, -0.15) is 0 Å². The number of likely N-dealkylation sites (N-methyl/N-ethyl adjacent to an activating group) is 1. The van der Waals surface area contributed by atoms with E-state index in [2.05, 4.69) is 10.6 Å². The van der Waals surface area contributed by atoms with Gasteiger partial charge in [0.15, 0.2) is 0 Å². The highest BCUT2D eigenvalue weighted by Gasteiger charge is 2.37. The van der Waals surface area contributed by atoms with Crippen LogP contribution in [0.15, 0.2) is 24.3 Å². The summed E-state index contributed by atoms with van der Waals surface area (Å²) in [6.45, 7) is 11.2. The number of benzene rings is 1. The molecule has 1 aromatic rings. The molecule has 1 fully saturated rings. The summed E-state index contributed by atoms with van der Waals surface area (Å²) in [5.41, 5.74) is -0.352. The zero-order chi connectivity index (χ0) is 26.2. The minimum Gasteiger partial charge on any atom is -0.508 e. The third kappa shape index (κ3) is 8.75. The fourth-order valence-electron chi connectivity index (χ4n) is 4.50. The van der Waals surface area contributed by atoms with Crippen molar-refractivity contribution in [3.63, 3.8) is 0 Å². The summed E-state index contributed by atoms with van der Waals surface area (Å²) >= 11 is 0. The molecular weight excluding hydrogens is 446 g/mol. The number of amides is 3. The molecule has 1 aliphatic carbocycles. The lowest BCUT2D eigenvalue weighted by Crippen LogP contribution is -2.54. The molecule has 0 spiro atoms. The number of nitrogens with zero attached hydrogens (tertiary/aromatic N) is 1. The maximum Gasteiger partial charge on any atom is 0.408 e. The minimum atomic E-state index is -1.02. The van der Waals surface area contributed by atoms with Crippen molar-refractivity contribution in [1.29, 1.82) is 0 Å². The van der Waals surface area contributed by atoms with Crippen molar-refractivity contribution in [3.05, 3.63) is 29.8 Å². The van der Waals surface area contributed by atoms with E-state index in [0.29, 0.717) is 12.0 Å². The summed E-state index contributed by atoms with van der Waals surface area (Å²) in [5.74, 6) is -0.659. The van der Waals surface area contributed by atoms with Gasteiger partial charge in [0.05, 0.1) is 0 Å². The molecule has 8 heteroatoms. The summed E-state index contributed by atoms with van der Waals surface area (Å²) in [6.07, 6.45) is 4.76. The lowest BCUT2D eigenvalue weighted by Gasteiger charge is -2.35. The lowest BCUT2D eigenvalue weighted by molar-refractivity contribution is -0.143. The van der Waals surface area contributed by atoms with Crippen LogP contribution in [0.25, 0.3) is 0 Å². The van der Waals surface area contributed by atoms with Crippen molar-refractivity contribution in [3.8, 4) is 5.75 Å². The largest absolute Gasteiger partial charge is 0.508 e. The van der Waals surface area contributed by atoms with Crippen LogP contribution in [0.5, 0.6) is 5.75 Å². The summed E-state index contributed by atoms with van der Waals surface area (Å²) in [7, 11) is 0. The van der Waals surface area contributed by atoms with Gasteiger partial charge in [0, 0.05) is 18.2 Å². The van der Waals surface area contributed by atoms with Gasteiger partial charge in [0.25, 0.3) is 0 Å². The van der Waals surface area contributed by atoms with Gasteiger partial charge < -0.3 is 25.4 Å². The number of hydrogen-bond acceptors (Lipinski definition) is 5. The number of ether oxygens (including phenoxy) is 1. The molecule has 8 nitrogen and oxygen atoms in total. The Balaban J connectivity index is 2.38. The van der Waals surface area contributed by atoms with E-state index in [-0.39, 0.29) is 36.1 Å². The first-order chi connectivity index (χ1) is 16.4. The van der Waals surface area contributed by atoms with Crippen molar-refractivity contribution < 1.29 is 24.2 Å². The fraction of sp³-hybridized carbons (Fsp3) is 0.667. The predicted octanol–water partition coefficient (Wildman–Crippen LogP) is 4.67. The Labute approximate surface area is 209 Å². The number of hydrogen-bond donors (Lipinski definition) is 3. The second-order valence-corrected chi connectivity index (χ2v) is 10.8. The predicted molar refractivity (Wildman–Crippen MR) is 136 cm³/mol. The topological polar surface area (TPSA) is 108 Å². The van der Waals surface area contributed by atoms with Gasteiger partial charge in [0.1, 0.15) is 23.4 Å². The number of phenolic OH excluding ortho intramolecular Hbond substituents is 1. The van der Waals surface area contributed by atoms with Crippen LogP contribution in [0.4, 0.5) is 4.79 Å². The van der Waals surface area contributed by atoms with Gasteiger partial charge in [-0.25, -0.2) is 4.79 Å². The van der Waals surface area contributed by atoms with Crippen molar-refractivity contribution in [2.75, 3.05) is 6.54 Å². The number of carbonyl (C=O) groups is 3. The highest BCUT2D eigenvalue weighted by molar-refractivity contribution is 5.92. The average molecular weight is 490 g/mol. The molecule has 3 amide bonds. The lowest BCUT2D eigenvalue weighted by atomic mass is 9.94. The van der Waals surface area contributed by atoms with E-state index in [9.17, 15) is 19.5 Å². The SMILES string of the molecule is CCN(C(=O)C(CC(C)C)NC(=O)OC(C)(C)C)C(C(=O)NC1CCCCC1)c1ccccc1O. The van der Waals surface area contributed by atoms with Crippen molar-refractivity contribution in [1.82, 2.24) is 15.5 Å². The molecule has 1 aliphatic rings. The molecule has 35 heavy (non-hydrogen) atoms. The van der Waals surface area contributed by atoms with Gasteiger partial charge in [0.2, 0.25) is 11.8 Å². The normalized spacial score (nSPS) is 16.3. The van der Waals surface area contributed by atoms with Crippen molar-refractivity contribution >= 4 is 17.9 Å². The van der Waals surface area contributed by atoms with Crippen LogP contribution in [-0.2, 0) is 14.3 Å². The Hall–Kier alpha value is -2.77. The third-order valence-electron chi connectivity index (χ3n) is 6.06. The Kier molecular flexibility index (Phi) is 10.4. The number of alkyl carbamates (subject to hydrolysis) is 1. The van der Waals surface area contributed by atoms with Crippen LogP contribution >= 0.6 is 0 Å². The fourth-order valence-corrected chi connectivity index (χ4v) is 4.50. The van der Waals surface area contributed by atoms with Gasteiger partial charge in [-0.1, -0.05) is 51.3 Å². The Morgan fingerprint density at radius 3 is 2.29 bits per heavy atom. The number of nitrogens with one attached hydrogen (secondary N) is 2. The van der Waals surface area contributed by atoms with Gasteiger partial charge in [-0.3, -0.25) is 9.59 Å². The van der Waals surface area contributed by atoms with E-state index in [1.165, 1.54) is 11.0 Å². The Bertz CT molecular complexity index is 859. The molecule has 3 N–H and O–H groups in total. The number of phenols is 1. The smallest absolute Gasteiger partial charge is 0.408 e. The second-order valence-electron chi connectivity index (χ2n) is 10.8. The standard InChI is InChI=1S/C27H43N3O5/c1-7-30(25(33)21(17-18(2)3)29-26(34)35-27(4,5)6)23(20-15-11-12-16-22(20)31)24(32)28-19-13-9-8-10-14-19/h11-12,15-16,18-19,21,23,31H,7-10,13-14,17H2,1-6H3,(H,28,32)(H,29,34). The van der Waals surface area contributed by atoms with Crippen LogP contribution < -0.4 is 10.6 Å². The zero-order valence-electron chi connectivity index (χ0n) is 22.1. The highest BCUT2D eigenvalue weighted by atomic mass is 16.6. The summed E-state index contributed by atoms with van der Waals surface area (Å²) < 4.78 is 5.39. The quantitative estimate of drug-likeness (QED) is 0.467. The van der Waals surface area contributed by atoms with E-state index in [1.54, 1.807) is 45.9 Å². The minimum absolute atomic E-state index is 0.0461. The molecule has 0 bridgehead atoms. The molecule has 0 heterocycles. The molecule has 1 aromatic carbocycles. The number of rotatable bonds is 9. The van der Waals surface area contributed by atoms with Crippen LogP contribution in [0, 0.1) is 5.92 Å². The summed E-state index contributed by atoms with van der Waals surface area (Å²) in [4.78, 5) is 41.4. The van der Waals surface area contributed by atoms with Crippen molar-refractivity contribution in [2.45, 2.75) is 104 Å². The maximum absolute atomic E-state index is 13.8. The van der Waals surface area contributed by atoms with E-state index in [1.807, 2.05) is 13.8 Å². The monoisotopic (exact) mass is 489 g/mol. The van der Waals surface area contributed by atoms with E-state index in [4.69, 9.17) is 4.74 Å². The van der Waals surface area contributed by atoms with E-state index >= 15 is 0 Å². The average Bonchev–Trinajstić information content (AvgIpc) is 2.76. The van der Waals surface area contributed by atoms with Crippen LogP contribution in [0.2, 0.25) is 0 Å². The molecule has 0 saturated heterocycles. The second kappa shape index (κ2) is 12.8. The maximum atomic E-state index is 13.8. The molecule has 0 aliphatic heterocycles. The van der Waals surface area contributed by atoms with Crippen LogP contribution in [0.3, 0.4) is 0 Å². The molecule has 196 valence electrons. The molecule has 1 saturated carbocycles. The Morgan fingerprint density at radius 2 is 1.74 bits per heavy atom. The van der Waals surface area contributed by atoms with Crippen LogP contribution in [-0.4, -0.2) is 52.1 Å². The molecule has 2 rings (SSSR count). The molecule has 2 atom stereocenters. The number of para-hydroxylation sites is 1. The van der Waals surface area contributed by atoms with Gasteiger partial charge in [-0.05, 0) is 58.9 Å². The number of aromatic hydroxyl groups is 1. The summed E-state index contributed by atoms with van der Waals surface area (Å²) in [5, 5.41) is 16.4. The van der Waals surface area contributed by atoms with Crippen molar-refractivity contribution in [2.24, 2.45) is 5.92 Å². The Morgan fingerprint density at radius 1 is 1.11 bits per heavy atom. The van der Waals surface area contributed by atoms with Crippen LogP contribution in [0.1, 0.15) is 91.7 Å². The van der Waals surface area contributed by atoms with E-state index < -0.39 is 23.8 Å². The summed E-state index contributed by atoms with van der Waals surface area (Å²) in [6, 6.07) is 4.74. The zero-order valence-corrected chi connectivity index (χ0v) is 22.1. The van der Waals surface area contributed by atoms with Gasteiger partial charge >= 0.3 is 6.09 Å². The molecular formula is C27H43N3O5. The molecule has 2 unspecified atom stereocenters. The number of carbonyl (C=O) groups excluding carboxylic acids is 3. The van der Waals surface area contributed by atoms with E-state index in [0.717, 1.165) is 32.1 Å². The third-order valence-corrected chi connectivity index (χ3v) is 6.06. The molecule has 0 aromatic heterocycles. The highest BCUT2D eigenvalue weighted by Crippen LogP contribution is 2.31.